The predicted molar refractivity (Wildman–Crippen MR) is 70.1 cm³/mol. The third kappa shape index (κ3) is 3.91. The summed E-state index contributed by atoms with van der Waals surface area (Å²) in [5, 5.41) is 19.6. The fourth-order valence-corrected chi connectivity index (χ4v) is 1.53. The van der Waals surface area contributed by atoms with Crippen molar-refractivity contribution >= 4 is 17.5 Å². The summed E-state index contributed by atoms with van der Waals surface area (Å²) in [6, 6.07) is 3.02. The van der Waals surface area contributed by atoms with Gasteiger partial charge in [0.05, 0.1) is 18.0 Å². The third-order valence-corrected chi connectivity index (χ3v) is 2.50. The monoisotopic (exact) mass is 278 g/mol. The maximum atomic E-state index is 11.3. The number of carbonyl (C=O) groups excluding carboxylic acids is 1. The second kappa shape index (κ2) is 7.04. The van der Waals surface area contributed by atoms with Crippen LogP contribution < -0.4 is 4.90 Å². The molecule has 0 saturated heterocycles. The number of ether oxygens (including phenoxy) is 1. The Morgan fingerprint density at radius 2 is 2.35 bits per heavy atom. The van der Waals surface area contributed by atoms with Crippen molar-refractivity contribution in [2.75, 3.05) is 25.1 Å². The summed E-state index contributed by atoms with van der Waals surface area (Å²) in [5.74, 6) is -0.0535. The zero-order valence-corrected chi connectivity index (χ0v) is 11.2. The van der Waals surface area contributed by atoms with Crippen LogP contribution in [0.3, 0.4) is 0 Å². The molecule has 1 aromatic heterocycles. The number of nitro groups is 1. The molecule has 0 atom stereocenters. The van der Waals surface area contributed by atoms with Crippen LogP contribution in [-0.2, 0) is 9.53 Å². The van der Waals surface area contributed by atoms with E-state index < -0.39 is 4.92 Å². The molecule has 0 unspecified atom stereocenters. The molecule has 0 amide bonds. The summed E-state index contributed by atoms with van der Waals surface area (Å²) < 4.78 is 4.79. The number of anilines is 1. The highest BCUT2D eigenvalue weighted by Gasteiger charge is 2.15. The van der Waals surface area contributed by atoms with Gasteiger partial charge in [0, 0.05) is 19.7 Å². The van der Waals surface area contributed by atoms with E-state index in [-0.39, 0.29) is 23.6 Å². The molecule has 0 fully saturated rings. The molecule has 1 heterocycles. The second-order valence-corrected chi connectivity index (χ2v) is 3.91. The molecule has 0 aliphatic rings. The number of aromatic nitrogens is 1. The molecule has 0 aliphatic heterocycles. The van der Waals surface area contributed by atoms with Crippen molar-refractivity contribution in [1.29, 1.82) is 5.26 Å². The van der Waals surface area contributed by atoms with Crippen molar-refractivity contribution in [2.24, 2.45) is 0 Å². The summed E-state index contributed by atoms with van der Waals surface area (Å²) in [6.45, 7) is 2.33. The largest absolute Gasteiger partial charge is 0.466 e. The van der Waals surface area contributed by atoms with Crippen LogP contribution in [0.25, 0.3) is 0 Å². The zero-order valence-electron chi connectivity index (χ0n) is 11.2. The van der Waals surface area contributed by atoms with E-state index in [4.69, 9.17) is 10.00 Å². The summed E-state index contributed by atoms with van der Waals surface area (Å²) in [6.07, 6.45) is 1.23. The van der Waals surface area contributed by atoms with Gasteiger partial charge in [-0.15, -0.1) is 0 Å². The van der Waals surface area contributed by atoms with Gasteiger partial charge < -0.3 is 9.64 Å². The lowest BCUT2D eigenvalue weighted by molar-refractivity contribution is -0.385. The Morgan fingerprint density at radius 3 is 2.90 bits per heavy atom. The normalized spacial score (nSPS) is 9.65. The number of rotatable bonds is 6. The van der Waals surface area contributed by atoms with Crippen LogP contribution in [0.4, 0.5) is 11.5 Å². The van der Waals surface area contributed by atoms with E-state index in [0.717, 1.165) is 12.3 Å². The fraction of sp³-hybridized carbons (Fsp3) is 0.417. The van der Waals surface area contributed by atoms with Crippen LogP contribution in [0.15, 0.2) is 12.3 Å². The van der Waals surface area contributed by atoms with Crippen LogP contribution in [0.2, 0.25) is 0 Å². The lowest BCUT2D eigenvalue weighted by atomic mass is 10.2. The van der Waals surface area contributed by atoms with Crippen molar-refractivity contribution in [3.05, 3.63) is 27.9 Å². The van der Waals surface area contributed by atoms with Crippen molar-refractivity contribution in [3.8, 4) is 6.07 Å². The van der Waals surface area contributed by atoms with E-state index >= 15 is 0 Å². The standard InChI is InChI=1S/C12H14N4O4/c1-3-20-11(17)4-5-15(2)12-9(7-13)6-10(8-14-12)16(18)19/h6,8H,3-5H2,1-2H3. The lowest BCUT2D eigenvalue weighted by Crippen LogP contribution is -2.23. The highest BCUT2D eigenvalue weighted by Crippen LogP contribution is 2.20. The molecule has 0 N–H and O–H groups in total. The first-order valence-corrected chi connectivity index (χ1v) is 5.90. The minimum Gasteiger partial charge on any atom is -0.466 e. The highest BCUT2D eigenvalue weighted by molar-refractivity contribution is 5.70. The van der Waals surface area contributed by atoms with E-state index in [1.165, 1.54) is 0 Å². The molecular weight excluding hydrogens is 264 g/mol. The molecule has 1 aromatic rings. The van der Waals surface area contributed by atoms with E-state index in [0.29, 0.717) is 19.0 Å². The van der Waals surface area contributed by atoms with Gasteiger partial charge in [0.1, 0.15) is 23.6 Å². The average Bonchev–Trinajstić information content (AvgIpc) is 2.44. The molecule has 106 valence electrons. The van der Waals surface area contributed by atoms with Crippen LogP contribution in [0, 0.1) is 21.4 Å². The molecule has 0 saturated carbocycles. The minimum absolute atomic E-state index is 0.0885. The lowest BCUT2D eigenvalue weighted by Gasteiger charge is -2.18. The number of pyridine rings is 1. The van der Waals surface area contributed by atoms with Gasteiger partial charge in [-0.05, 0) is 6.92 Å². The number of hydrogen-bond donors (Lipinski definition) is 0. The topological polar surface area (TPSA) is 109 Å². The van der Waals surface area contributed by atoms with Gasteiger partial charge >= 0.3 is 5.97 Å². The fourth-order valence-electron chi connectivity index (χ4n) is 1.53. The van der Waals surface area contributed by atoms with Crippen molar-refractivity contribution < 1.29 is 14.5 Å². The second-order valence-electron chi connectivity index (χ2n) is 3.91. The number of nitriles is 1. The van der Waals surface area contributed by atoms with Crippen LogP contribution >= 0.6 is 0 Å². The van der Waals surface area contributed by atoms with E-state index in [1.807, 2.05) is 6.07 Å². The first-order chi connectivity index (χ1) is 9.49. The Hall–Kier alpha value is -2.69. The van der Waals surface area contributed by atoms with E-state index in [1.54, 1.807) is 18.9 Å². The first kappa shape index (κ1) is 15.4. The Kier molecular flexibility index (Phi) is 5.41. The summed E-state index contributed by atoms with van der Waals surface area (Å²) >= 11 is 0. The zero-order chi connectivity index (χ0) is 15.1. The van der Waals surface area contributed by atoms with Gasteiger partial charge in [-0.3, -0.25) is 14.9 Å². The summed E-state index contributed by atoms with van der Waals surface area (Å²) in [7, 11) is 1.65. The molecular formula is C12H14N4O4. The number of esters is 1. The minimum atomic E-state index is -0.615. The van der Waals surface area contributed by atoms with Crippen LogP contribution in [-0.4, -0.2) is 36.1 Å². The van der Waals surface area contributed by atoms with Crippen LogP contribution in [0.5, 0.6) is 0 Å². The third-order valence-electron chi connectivity index (χ3n) is 2.50. The molecule has 8 nitrogen and oxygen atoms in total. The predicted octanol–water partition coefficient (Wildman–Crippen LogP) is 1.25. The first-order valence-electron chi connectivity index (χ1n) is 5.90. The SMILES string of the molecule is CCOC(=O)CCN(C)c1ncc([N+](=O)[O-])cc1C#N. The summed E-state index contributed by atoms with van der Waals surface area (Å²) in [4.78, 5) is 26.7. The van der Waals surface area contributed by atoms with Crippen LogP contribution in [0.1, 0.15) is 18.9 Å². The molecule has 0 radical (unpaired) electrons. The molecule has 1 rings (SSSR count). The quantitative estimate of drug-likeness (QED) is 0.437. The van der Waals surface area contributed by atoms with Crippen molar-refractivity contribution in [2.45, 2.75) is 13.3 Å². The van der Waals surface area contributed by atoms with E-state index in [9.17, 15) is 14.9 Å². The number of nitrogens with zero attached hydrogens (tertiary/aromatic N) is 4. The van der Waals surface area contributed by atoms with Gasteiger partial charge in [-0.2, -0.15) is 5.26 Å². The number of carbonyl (C=O) groups is 1. The van der Waals surface area contributed by atoms with Crippen molar-refractivity contribution in [3.63, 3.8) is 0 Å². The van der Waals surface area contributed by atoms with Gasteiger partial charge in [-0.1, -0.05) is 0 Å². The molecule has 0 aliphatic carbocycles. The smallest absolute Gasteiger partial charge is 0.307 e. The molecule has 0 bridgehead atoms. The molecule has 8 heteroatoms. The van der Waals surface area contributed by atoms with Gasteiger partial charge in [-0.25, -0.2) is 4.98 Å². The Morgan fingerprint density at radius 1 is 1.65 bits per heavy atom. The van der Waals surface area contributed by atoms with E-state index in [2.05, 4.69) is 4.98 Å². The highest BCUT2D eigenvalue weighted by atomic mass is 16.6. The summed E-state index contributed by atoms with van der Waals surface area (Å²) in [5.41, 5.74) is -0.158. The molecule has 0 spiro atoms. The maximum absolute atomic E-state index is 11.3. The average molecular weight is 278 g/mol. The Labute approximate surface area is 115 Å². The molecule has 0 aromatic carbocycles. The van der Waals surface area contributed by atoms with Gasteiger partial charge in [0.15, 0.2) is 0 Å². The number of hydrogen-bond acceptors (Lipinski definition) is 7. The van der Waals surface area contributed by atoms with Crippen molar-refractivity contribution in [1.82, 2.24) is 4.98 Å². The Balaban J connectivity index is 2.83. The van der Waals surface area contributed by atoms with Gasteiger partial charge in [0.25, 0.3) is 5.69 Å². The maximum Gasteiger partial charge on any atom is 0.307 e. The Bertz CT molecular complexity index is 553. The van der Waals surface area contributed by atoms with Gasteiger partial charge in [0.2, 0.25) is 0 Å². The molecule has 20 heavy (non-hydrogen) atoms.